The number of rotatable bonds is 4. The second-order valence-electron chi connectivity index (χ2n) is 8.94. The molecule has 2 aliphatic rings. The first-order valence-corrected chi connectivity index (χ1v) is 11.2. The molecule has 164 valence electrons. The van der Waals surface area contributed by atoms with Crippen LogP contribution in [0.2, 0.25) is 0 Å². The highest BCUT2D eigenvalue weighted by Crippen LogP contribution is 2.46. The summed E-state index contributed by atoms with van der Waals surface area (Å²) in [5.41, 5.74) is 16.9. The zero-order valence-corrected chi connectivity index (χ0v) is 18.1. The summed E-state index contributed by atoms with van der Waals surface area (Å²) < 4.78 is 0. The minimum absolute atomic E-state index is 0.0420. The summed E-state index contributed by atoms with van der Waals surface area (Å²) >= 11 is 0. The molecule has 1 saturated carbocycles. The molecule has 33 heavy (non-hydrogen) atoms. The SMILES string of the molecule is Nc1ncnc2c1C(c1ccc3ccc(-c4ccccc4)nc3c1)CN2[C@H]1C[C@H](C(N)=O)C1. The van der Waals surface area contributed by atoms with Crippen LogP contribution >= 0.6 is 0 Å². The number of nitrogen functional groups attached to an aromatic ring is 1. The minimum atomic E-state index is -0.223. The van der Waals surface area contributed by atoms with Crippen LogP contribution < -0.4 is 16.4 Å². The van der Waals surface area contributed by atoms with Gasteiger partial charge in [0.1, 0.15) is 18.0 Å². The first kappa shape index (κ1) is 19.7. The lowest BCUT2D eigenvalue weighted by molar-refractivity contribution is -0.124. The van der Waals surface area contributed by atoms with E-state index >= 15 is 0 Å². The summed E-state index contributed by atoms with van der Waals surface area (Å²) in [5.74, 6) is 1.13. The summed E-state index contributed by atoms with van der Waals surface area (Å²) in [5, 5.41) is 1.09. The monoisotopic (exact) mass is 436 g/mol. The van der Waals surface area contributed by atoms with E-state index in [1.165, 1.54) is 6.33 Å². The molecule has 0 radical (unpaired) electrons. The quantitative estimate of drug-likeness (QED) is 0.507. The molecule has 2 aromatic heterocycles. The number of aromatic nitrogens is 3. The third-order valence-electron chi connectivity index (χ3n) is 7.04. The molecule has 1 aliphatic heterocycles. The van der Waals surface area contributed by atoms with E-state index < -0.39 is 0 Å². The topological polar surface area (TPSA) is 111 Å². The van der Waals surface area contributed by atoms with Gasteiger partial charge in [-0.15, -0.1) is 0 Å². The number of nitrogens with two attached hydrogens (primary N) is 2. The van der Waals surface area contributed by atoms with Crippen molar-refractivity contribution in [1.29, 1.82) is 0 Å². The van der Waals surface area contributed by atoms with Crippen molar-refractivity contribution in [3.63, 3.8) is 0 Å². The van der Waals surface area contributed by atoms with Crippen molar-refractivity contribution in [1.82, 2.24) is 15.0 Å². The maximum Gasteiger partial charge on any atom is 0.220 e. The van der Waals surface area contributed by atoms with Crippen LogP contribution in [0.15, 0.2) is 67.0 Å². The second-order valence-corrected chi connectivity index (χ2v) is 8.94. The molecule has 3 heterocycles. The van der Waals surface area contributed by atoms with Gasteiger partial charge in [0, 0.05) is 40.9 Å². The zero-order chi connectivity index (χ0) is 22.5. The number of benzene rings is 2. The van der Waals surface area contributed by atoms with Gasteiger partial charge in [0.15, 0.2) is 0 Å². The zero-order valence-electron chi connectivity index (χ0n) is 18.1. The van der Waals surface area contributed by atoms with E-state index in [9.17, 15) is 4.79 Å². The molecule has 4 aromatic rings. The van der Waals surface area contributed by atoms with E-state index in [4.69, 9.17) is 16.5 Å². The van der Waals surface area contributed by atoms with Gasteiger partial charge in [0.05, 0.1) is 11.2 Å². The van der Waals surface area contributed by atoms with Gasteiger partial charge < -0.3 is 16.4 Å². The molecule has 0 saturated heterocycles. The van der Waals surface area contributed by atoms with Crippen LogP contribution in [0.1, 0.15) is 29.9 Å². The fourth-order valence-corrected chi connectivity index (χ4v) is 5.13. The number of primary amides is 1. The van der Waals surface area contributed by atoms with E-state index in [-0.39, 0.29) is 23.8 Å². The molecule has 7 heteroatoms. The molecule has 1 unspecified atom stereocenters. The number of hydrogen-bond donors (Lipinski definition) is 2. The summed E-state index contributed by atoms with van der Waals surface area (Å²) in [6.07, 6.45) is 3.03. The molecule has 6 rings (SSSR count). The summed E-state index contributed by atoms with van der Waals surface area (Å²) in [7, 11) is 0. The molecule has 1 atom stereocenters. The van der Waals surface area contributed by atoms with Crippen molar-refractivity contribution in [3.8, 4) is 11.3 Å². The fraction of sp³-hybridized carbons (Fsp3) is 0.231. The average Bonchev–Trinajstić information content (AvgIpc) is 3.18. The lowest BCUT2D eigenvalue weighted by Gasteiger charge is -2.40. The Kier molecular flexibility index (Phi) is 4.50. The van der Waals surface area contributed by atoms with Crippen molar-refractivity contribution in [2.45, 2.75) is 24.8 Å². The predicted octanol–water partition coefficient (Wildman–Crippen LogP) is 3.49. The molecular formula is C26H24N6O. The van der Waals surface area contributed by atoms with Gasteiger partial charge in [-0.25, -0.2) is 15.0 Å². The summed E-state index contributed by atoms with van der Waals surface area (Å²) in [6, 6.07) is 21.0. The van der Waals surface area contributed by atoms with Gasteiger partial charge in [-0.3, -0.25) is 4.79 Å². The van der Waals surface area contributed by atoms with Crippen LogP contribution in [-0.2, 0) is 4.79 Å². The van der Waals surface area contributed by atoms with Crippen molar-refractivity contribution in [2.75, 3.05) is 17.2 Å². The van der Waals surface area contributed by atoms with Crippen LogP contribution in [0, 0.1) is 5.92 Å². The Morgan fingerprint density at radius 2 is 1.79 bits per heavy atom. The fourth-order valence-electron chi connectivity index (χ4n) is 5.13. The van der Waals surface area contributed by atoms with Gasteiger partial charge in [-0.1, -0.05) is 48.5 Å². The van der Waals surface area contributed by atoms with Crippen LogP contribution in [0.4, 0.5) is 11.6 Å². The number of fused-ring (bicyclic) bond motifs is 2. The Balaban J connectivity index is 1.38. The highest BCUT2D eigenvalue weighted by Gasteiger charge is 2.43. The second kappa shape index (κ2) is 7.55. The highest BCUT2D eigenvalue weighted by atomic mass is 16.1. The third kappa shape index (κ3) is 3.28. The van der Waals surface area contributed by atoms with E-state index in [0.717, 1.165) is 58.5 Å². The Morgan fingerprint density at radius 1 is 1.00 bits per heavy atom. The Morgan fingerprint density at radius 3 is 2.58 bits per heavy atom. The number of pyridine rings is 1. The highest BCUT2D eigenvalue weighted by molar-refractivity contribution is 5.83. The molecule has 0 spiro atoms. The van der Waals surface area contributed by atoms with Crippen LogP contribution in [0.5, 0.6) is 0 Å². The molecule has 0 bridgehead atoms. The first-order valence-electron chi connectivity index (χ1n) is 11.2. The van der Waals surface area contributed by atoms with Gasteiger partial charge >= 0.3 is 0 Å². The lowest BCUT2D eigenvalue weighted by atomic mass is 9.79. The smallest absolute Gasteiger partial charge is 0.220 e. The van der Waals surface area contributed by atoms with Crippen molar-refractivity contribution >= 4 is 28.4 Å². The van der Waals surface area contributed by atoms with Crippen LogP contribution in [-0.4, -0.2) is 33.4 Å². The van der Waals surface area contributed by atoms with E-state index in [0.29, 0.717) is 5.82 Å². The van der Waals surface area contributed by atoms with Crippen molar-refractivity contribution in [2.24, 2.45) is 11.7 Å². The summed E-state index contributed by atoms with van der Waals surface area (Å²) in [6.45, 7) is 0.748. The Bertz CT molecular complexity index is 1370. The standard InChI is InChI=1S/C26H24N6O/c27-24-23-20(13-32(26(23)30-14-29-24)19-10-18(11-19)25(28)33)17-7-6-16-8-9-21(31-22(16)12-17)15-4-2-1-3-5-15/h1-9,12,14,18-20H,10-11,13H2,(H2,28,33)(H2,27,29,30)/t18-,19-,20?. The average molecular weight is 437 g/mol. The summed E-state index contributed by atoms with van der Waals surface area (Å²) in [4.78, 5) is 27.6. The van der Waals surface area contributed by atoms with Crippen molar-refractivity contribution in [3.05, 3.63) is 78.1 Å². The number of carbonyl (C=O) groups is 1. The Hall–Kier alpha value is -4.00. The van der Waals surface area contributed by atoms with Crippen molar-refractivity contribution < 1.29 is 4.79 Å². The molecule has 1 amide bonds. The molecule has 4 N–H and O–H groups in total. The van der Waals surface area contributed by atoms with E-state index in [1.807, 2.05) is 18.2 Å². The molecule has 1 aliphatic carbocycles. The van der Waals surface area contributed by atoms with Gasteiger partial charge in [0.25, 0.3) is 0 Å². The molecular weight excluding hydrogens is 412 g/mol. The van der Waals surface area contributed by atoms with Gasteiger partial charge in [-0.2, -0.15) is 0 Å². The van der Waals surface area contributed by atoms with Crippen LogP contribution in [0.3, 0.4) is 0 Å². The normalized spacial score (nSPS) is 21.6. The number of hydrogen-bond acceptors (Lipinski definition) is 6. The lowest BCUT2D eigenvalue weighted by Crippen LogP contribution is -2.48. The van der Waals surface area contributed by atoms with E-state index in [1.54, 1.807) is 0 Å². The number of amides is 1. The predicted molar refractivity (Wildman–Crippen MR) is 129 cm³/mol. The first-order chi connectivity index (χ1) is 16.1. The molecule has 7 nitrogen and oxygen atoms in total. The number of anilines is 2. The molecule has 1 fully saturated rings. The van der Waals surface area contributed by atoms with Gasteiger partial charge in [0.2, 0.25) is 5.91 Å². The largest absolute Gasteiger partial charge is 0.383 e. The third-order valence-corrected chi connectivity index (χ3v) is 7.04. The molecule has 2 aromatic carbocycles. The maximum atomic E-state index is 11.5. The van der Waals surface area contributed by atoms with Gasteiger partial charge in [-0.05, 0) is 30.5 Å². The number of carbonyl (C=O) groups excluding carboxylic acids is 1. The number of nitrogens with zero attached hydrogens (tertiary/aromatic N) is 4. The maximum absolute atomic E-state index is 11.5. The van der Waals surface area contributed by atoms with E-state index in [2.05, 4.69) is 57.3 Å². The Labute approximate surface area is 191 Å². The van der Waals surface area contributed by atoms with Crippen LogP contribution in [0.25, 0.3) is 22.2 Å². The minimum Gasteiger partial charge on any atom is -0.383 e.